The second-order valence-electron chi connectivity index (χ2n) is 2.95. The molecule has 0 amide bonds. The molecular formula is C8H4F6INO. The van der Waals surface area contributed by atoms with E-state index < -0.39 is 24.0 Å². The van der Waals surface area contributed by atoms with Gasteiger partial charge in [0.1, 0.15) is 0 Å². The lowest BCUT2D eigenvalue weighted by molar-refractivity contribution is -0.276. The minimum absolute atomic E-state index is 0.181. The summed E-state index contributed by atoms with van der Waals surface area (Å²) in [6, 6.07) is 0.224. The van der Waals surface area contributed by atoms with E-state index in [-0.39, 0.29) is 15.3 Å². The molecule has 0 aliphatic carbocycles. The van der Waals surface area contributed by atoms with E-state index in [4.69, 9.17) is 0 Å². The molecule has 0 unspecified atom stereocenters. The Labute approximate surface area is 105 Å². The standard InChI is InChI=1S/C8H4F6INO/c1-3-6(15)4(7(9,10)11)2-5(16-3)17-8(12,13)14/h2H,1H3. The molecule has 1 aromatic heterocycles. The van der Waals surface area contributed by atoms with Gasteiger partial charge in [-0.2, -0.15) is 13.2 Å². The van der Waals surface area contributed by atoms with Crippen LogP contribution in [-0.2, 0) is 6.18 Å². The normalized spacial score (nSPS) is 12.7. The summed E-state index contributed by atoms with van der Waals surface area (Å²) in [5.41, 5.74) is -1.38. The number of aromatic nitrogens is 1. The number of halogens is 7. The van der Waals surface area contributed by atoms with Crippen LogP contribution in [0.3, 0.4) is 0 Å². The minimum Gasteiger partial charge on any atom is -0.388 e. The number of alkyl halides is 6. The number of hydrogen-bond acceptors (Lipinski definition) is 2. The van der Waals surface area contributed by atoms with E-state index in [1.807, 2.05) is 0 Å². The number of rotatable bonds is 1. The SMILES string of the molecule is Cc1nc(OC(F)(F)F)cc(C(F)(F)F)c1I. The quantitative estimate of drug-likeness (QED) is 0.552. The minimum atomic E-state index is -5.07. The molecule has 0 fully saturated rings. The molecule has 0 bridgehead atoms. The summed E-state index contributed by atoms with van der Waals surface area (Å²) in [7, 11) is 0. The summed E-state index contributed by atoms with van der Waals surface area (Å²) in [5, 5.41) is 0. The largest absolute Gasteiger partial charge is 0.574 e. The van der Waals surface area contributed by atoms with Gasteiger partial charge in [0, 0.05) is 9.64 Å². The highest BCUT2D eigenvalue weighted by molar-refractivity contribution is 14.1. The molecule has 2 nitrogen and oxygen atoms in total. The van der Waals surface area contributed by atoms with Gasteiger partial charge in [0.15, 0.2) is 0 Å². The van der Waals surface area contributed by atoms with Crippen molar-refractivity contribution in [1.29, 1.82) is 0 Å². The van der Waals surface area contributed by atoms with E-state index in [0.717, 1.165) is 0 Å². The van der Waals surface area contributed by atoms with Crippen molar-refractivity contribution in [2.24, 2.45) is 0 Å². The van der Waals surface area contributed by atoms with Crippen molar-refractivity contribution in [3.8, 4) is 5.88 Å². The van der Waals surface area contributed by atoms with E-state index in [1.54, 1.807) is 0 Å². The van der Waals surface area contributed by atoms with Crippen LogP contribution in [0.4, 0.5) is 26.3 Å². The number of hydrogen-bond donors (Lipinski definition) is 0. The fraction of sp³-hybridized carbons (Fsp3) is 0.375. The monoisotopic (exact) mass is 371 g/mol. The van der Waals surface area contributed by atoms with Crippen LogP contribution in [0.2, 0.25) is 0 Å². The Balaban J connectivity index is 3.25. The predicted octanol–water partition coefficient (Wildman–Crippen LogP) is 3.91. The lowest BCUT2D eigenvalue weighted by Crippen LogP contribution is -2.19. The third-order valence-corrected chi connectivity index (χ3v) is 2.99. The first-order valence-corrected chi connectivity index (χ1v) is 5.08. The van der Waals surface area contributed by atoms with E-state index in [9.17, 15) is 26.3 Å². The zero-order chi connectivity index (χ0) is 13.4. The van der Waals surface area contributed by atoms with Gasteiger partial charge in [0.05, 0.1) is 11.3 Å². The van der Waals surface area contributed by atoms with Crippen LogP contribution >= 0.6 is 22.6 Å². The Morgan fingerprint density at radius 3 is 2.12 bits per heavy atom. The first-order chi connectivity index (χ1) is 7.50. The molecule has 0 spiro atoms. The number of pyridine rings is 1. The highest BCUT2D eigenvalue weighted by atomic mass is 127. The molecule has 0 saturated heterocycles. The summed E-state index contributed by atoms with van der Waals surface area (Å²) < 4.78 is 76.1. The van der Waals surface area contributed by atoms with Crippen LogP contribution in [0, 0.1) is 10.5 Å². The molecule has 1 heterocycles. The molecular weight excluding hydrogens is 367 g/mol. The van der Waals surface area contributed by atoms with Gasteiger partial charge in [-0.1, -0.05) is 0 Å². The zero-order valence-corrected chi connectivity index (χ0v) is 10.2. The number of ether oxygens (including phenoxy) is 1. The molecule has 0 aromatic carbocycles. The van der Waals surface area contributed by atoms with Crippen LogP contribution in [0.5, 0.6) is 5.88 Å². The smallest absolute Gasteiger partial charge is 0.388 e. The summed E-state index contributed by atoms with van der Waals surface area (Å²) in [5.74, 6) is -1.12. The van der Waals surface area contributed by atoms with Gasteiger partial charge < -0.3 is 4.74 Å². The van der Waals surface area contributed by atoms with Crippen molar-refractivity contribution in [3.05, 3.63) is 20.9 Å². The Kier molecular flexibility index (Phi) is 3.79. The predicted molar refractivity (Wildman–Crippen MR) is 53.4 cm³/mol. The second-order valence-corrected chi connectivity index (χ2v) is 4.03. The van der Waals surface area contributed by atoms with Crippen LogP contribution in [0.1, 0.15) is 11.3 Å². The molecule has 0 radical (unpaired) electrons. The average molecular weight is 371 g/mol. The first-order valence-electron chi connectivity index (χ1n) is 4.01. The van der Waals surface area contributed by atoms with E-state index in [0.29, 0.717) is 0 Å². The molecule has 0 atom stereocenters. The van der Waals surface area contributed by atoms with Crippen molar-refractivity contribution in [2.45, 2.75) is 19.5 Å². The maximum atomic E-state index is 12.5. The Morgan fingerprint density at radius 2 is 1.71 bits per heavy atom. The molecule has 1 rings (SSSR count). The van der Waals surface area contributed by atoms with Crippen LogP contribution in [0.25, 0.3) is 0 Å². The number of nitrogens with zero attached hydrogens (tertiary/aromatic N) is 1. The Bertz CT molecular complexity index is 427. The second kappa shape index (κ2) is 4.50. The Hall–Kier alpha value is -0.740. The van der Waals surface area contributed by atoms with Gasteiger partial charge in [-0.05, 0) is 29.5 Å². The maximum absolute atomic E-state index is 12.5. The molecule has 0 aliphatic rings. The van der Waals surface area contributed by atoms with Gasteiger partial charge in [-0.25, -0.2) is 4.98 Å². The first kappa shape index (κ1) is 14.3. The summed E-state index contributed by atoms with van der Waals surface area (Å²) in [6.45, 7) is 1.17. The van der Waals surface area contributed by atoms with Gasteiger partial charge >= 0.3 is 12.5 Å². The van der Waals surface area contributed by atoms with Crippen molar-refractivity contribution in [2.75, 3.05) is 0 Å². The average Bonchev–Trinajstić information content (AvgIpc) is 2.06. The summed E-state index contributed by atoms with van der Waals surface area (Å²) in [6.07, 6.45) is -9.83. The molecule has 1 aromatic rings. The highest BCUT2D eigenvalue weighted by Crippen LogP contribution is 2.36. The van der Waals surface area contributed by atoms with Crippen LogP contribution in [-0.4, -0.2) is 11.3 Å². The highest BCUT2D eigenvalue weighted by Gasteiger charge is 2.37. The topological polar surface area (TPSA) is 22.1 Å². The molecule has 0 aliphatic heterocycles. The third kappa shape index (κ3) is 3.89. The van der Waals surface area contributed by atoms with E-state index in [2.05, 4.69) is 9.72 Å². The van der Waals surface area contributed by atoms with E-state index in [1.165, 1.54) is 29.5 Å². The maximum Gasteiger partial charge on any atom is 0.574 e. The third-order valence-electron chi connectivity index (χ3n) is 1.63. The zero-order valence-electron chi connectivity index (χ0n) is 8.08. The van der Waals surface area contributed by atoms with Gasteiger partial charge in [0.2, 0.25) is 5.88 Å². The van der Waals surface area contributed by atoms with Crippen molar-refractivity contribution >= 4 is 22.6 Å². The fourth-order valence-corrected chi connectivity index (χ4v) is 1.59. The van der Waals surface area contributed by atoms with Crippen LogP contribution in [0.15, 0.2) is 6.07 Å². The van der Waals surface area contributed by atoms with Crippen molar-refractivity contribution < 1.29 is 31.1 Å². The lowest BCUT2D eigenvalue weighted by atomic mass is 10.2. The van der Waals surface area contributed by atoms with E-state index >= 15 is 0 Å². The van der Waals surface area contributed by atoms with Crippen molar-refractivity contribution in [3.63, 3.8) is 0 Å². The molecule has 9 heteroatoms. The number of aryl methyl sites for hydroxylation is 1. The fourth-order valence-electron chi connectivity index (χ4n) is 1.01. The molecule has 17 heavy (non-hydrogen) atoms. The van der Waals surface area contributed by atoms with Crippen LogP contribution < -0.4 is 4.74 Å². The lowest BCUT2D eigenvalue weighted by Gasteiger charge is -2.14. The summed E-state index contributed by atoms with van der Waals surface area (Å²) >= 11 is 1.36. The van der Waals surface area contributed by atoms with Gasteiger partial charge in [0.25, 0.3) is 0 Å². The molecule has 96 valence electrons. The van der Waals surface area contributed by atoms with Crippen molar-refractivity contribution in [1.82, 2.24) is 4.98 Å². The Morgan fingerprint density at radius 1 is 1.18 bits per heavy atom. The summed E-state index contributed by atoms with van der Waals surface area (Å²) in [4.78, 5) is 3.28. The van der Waals surface area contributed by atoms with Gasteiger partial charge in [-0.15, -0.1) is 13.2 Å². The molecule has 0 saturated carbocycles. The molecule has 0 N–H and O–H groups in total. The van der Waals surface area contributed by atoms with Gasteiger partial charge in [-0.3, -0.25) is 0 Å².